The summed E-state index contributed by atoms with van der Waals surface area (Å²) in [4.78, 5) is 0. The van der Waals surface area contributed by atoms with E-state index in [2.05, 4.69) is 16.1 Å². The van der Waals surface area contributed by atoms with Crippen LogP contribution in [0.25, 0.3) is 0 Å². The lowest BCUT2D eigenvalue weighted by Crippen LogP contribution is -2.73. The van der Waals surface area contributed by atoms with E-state index >= 15 is 0 Å². The molecule has 0 spiro atoms. The molecule has 0 radical (unpaired) electrons. The summed E-state index contributed by atoms with van der Waals surface area (Å²) in [6, 6.07) is -3.28. The summed E-state index contributed by atoms with van der Waals surface area (Å²) >= 11 is 0. The zero-order valence-electron chi connectivity index (χ0n) is 15.1. The fourth-order valence-electron chi connectivity index (χ4n) is 2.05. The van der Waals surface area contributed by atoms with E-state index in [0.29, 0.717) is 6.92 Å². The van der Waals surface area contributed by atoms with Crippen LogP contribution in [0.2, 0.25) is 0 Å². The number of alkyl halides is 13. The Morgan fingerprint density at radius 2 is 1.23 bits per heavy atom. The second-order valence-electron chi connectivity index (χ2n) is 5.87. The Labute approximate surface area is 161 Å². The van der Waals surface area contributed by atoms with Crippen LogP contribution in [-0.4, -0.2) is 68.4 Å². The number of nitrogens with one attached hydrogen (secondary N) is 1. The molecular formula is C14H16F13NO2. The van der Waals surface area contributed by atoms with E-state index in [4.69, 9.17) is 0 Å². The maximum atomic E-state index is 14.3. The highest BCUT2D eigenvalue weighted by Crippen LogP contribution is 2.60. The summed E-state index contributed by atoms with van der Waals surface area (Å²) in [7, 11) is 0.930. The molecule has 2 atom stereocenters. The monoisotopic (exact) mass is 477 g/mol. The van der Waals surface area contributed by atoms with E-state index in [0.717, 1.165) is 13.2 Å². The molecular weight excluding hydrogens is 461 g/mol. The average Bonchev–Trinajstić information content (AvgIpc) is 2.58. The summed E-state index contributed by atoms with van der Waals surface area (Å²) in [6.07, 6.45) is -8.92. The number of halogens is 13. The van der Waals surface area contributed by atoms with E-state index in [9.17, 15) is 57.1 Å². The molecule has 0 aromatic rings. The Morgan fingerprint density at radius 1 is 0.800 bits per heavy atom. The minimum atomic E-state index is -7.95. The van der Waals surface area contributed by atoms with Crippen molar-refractivity contribution in [2.24, 2.45) is 0 Å². The predicted octanol–water partition coefficient (Wildman–Crippen LogP) is 4.88. The normalized spacial score (nSPS) is 17.0. The molecule has 0 unspecified atom stereocenters. The van der Waals surface area contributed by atoms with Crippen molar-refractivity contribution in [2.75, 3.05) is 20.4 Å². The lowest BCUT2D eigenvalue weighted by Gasteiger charge is -2.43. The Kier molecular flexibility index (Phi) is 8.67. The fraction of sp³-hybridized carbons (Fsp3) is 0.857. The number of hydrogen-bond acceptors (Lipinski definition) is 3. The third kappa shape index (κ3) is 4.64. The Morgan fingerprint density at radius 3 is 1.60 bits per heavy atom. The average molecular weight is 477 g/mol. The highest BCUT2D eigenvalue weighted by atomic mass is 19.4. The minimum absolute atomic E-state index is 0.574. The van der Waals surface area contributed by atoms with Gasteiger partial charge in [-0.25, -0.2) is 0 Å². The molecule has 0 fully saturated rings. The summed E-state index contributed by atoms with van der Waals surface area (Å²) in [5.74, 6) is -37.3. The van der Waals surface area contributed by atoms with Crippen LogP contribution in [-0.2, 0) is 9.47 Å². The maximum absolute atomic E-state index is 14.3. The summed E-state index contributed by atoms with van der Waals surface area (Å²) in [6.45, 7) is 1.86. The molecule has 0 aromatic heterocycles. The van der Waals surface area contributed by atoms with Gasteiger partial charge in [-0.1, -0.05) is 6.08 Å². The molecule has 0 rings (SSSR count). The third-order valence-corrected chi connectivity index (χ3v) is 3.75. The molecule has 0 aliphatic heterocycles. The lowest BCUT2D eigenvalue weighted by molar-refractivity contribution is -0.442. The van der Waals surface area contributed by atoms with Gasteiger partial charge >= 0.3 is 35.8 Å². The molecule has 0 saturated carbocycles. The van der Waals surface area contributed by atoms with E-state index in [-0.39, 0.29) is 0 Å². The number of rotatable bonds is 12. The van der Waals surface area contributed by atoms with Crippen LogP contribution in [0.4, 0.5) is 57.1 Å². The molecule has 0 aromatic carbocycles. The minimum Gasteiger partial charge on any atom is -0.359 e. The quantitative estimate of drug-likeness (QED) is 0.247. The second kappa shape index (κ2) is 9.06. The van der Waals surface area contributed by atoms with Crippen LogP contribution in [0, 0.1) is 0 Å². The van der Waals surface area contributed by atoms with Gasteiger partial charge in [-0.15, -0.1) is 6.58 Å². The Balaban J connectivity index is 6.43. The smallest absolute Gasteiger partial charge is 0.359 e. The Bertz CT molecular complexity index is 577. The molecule has 0 bridgehead atoms. The molecule has 0 amide bonds. The van der Waals surface area contributed by atoms with Gasteiger partial charge in [-0.05, 0) is 6.92 Å². The van der Waals surface area contributed by atoms with Crippen LogP contribution >= 0.6 is 0 Å². The van der Waals surface area contributed by atoms with E-state index < -0.39 is 61.3 Å². The van der Waals surface area contributed by atoms with Crippen LogP contribution in [0.3, 0.4) is 0 Å². The van der Waals surface area contributed by atoms with Gasteiger partial charge < -0.3 is 14.8 Å². The number of methoxy groups -OCH3 is 1. The molecule has 0 heterocycles. The molecule has 0 aliphatic rings. The first-order valence-electron chi connectivity index (χ1n) is 7.59. The van der Waals surface area contributed by atoms with Gasteiger partial charge in [0.05, 0.1) is 6.10 Å². The van der Waals surface area contributed by atoms with Gasteiger partial charge in [0.1, 0.15) is 12.8 Å². The van der Waals surface area contributed by atoms with Crippen LogP contribution < -0.4 is 5.32 Å². The number of hydrogen-bond donors (Lipinski definition) is 1. The first-order chi connectivity index (χ1) is 13.2. The van der Waals surface area contributed by atoms with E-state index in [1.807, 2.05) is 0 Å². The van der Waals surface area contributed by atoms with Crippen molar-refractivity contribution < 1.29 is 66.5 Å². The summed E-state index contributed by atoms with van der Waals surface area (Å²) in [5.41, 5.74) is 0. The second-order valence-corrected chi connectivity index (χ2v) is 5.87. The molecule has 16 heteroatoms. The first-order valence-corrected chi connectivity index (χ1v) is 7.59. The van der Waals surface area contributed by atoms with Crippen LogP contribution in [0.15, 0.2) is 12.7 Å². The van der Waals surface area contributed by atoms with Crippen molar-refractivity contribution in [1.82, 2.24) is 5.32 Å². The van der Waals surface area contributed by atoms with E-state index in [1.165, 1.54) is 5.32 Å². The zero-order valence-corrected chi connectivity index (χ0v) is 15.1. The number of ether oxygens (including phenoxy) is 2. The van der Waals surface area contributed by atoms with Gasteiger partial charge in [0.2, 0.25) is 0 Å². The predicted molar refractivity (Wildman–Crippen MR) is 75.2 cm³/mol. The molecule has 0 aliphatic carbocycles. The van der Waals surface area contributed by atoms with Crippen molar-refractivity contribution in [3.63, 3.8) is 0 Å². The maximum Gasteiger partial charge on any atom is 0.460 e. The van der Waals surface area contributed by atoms with Gasteiger partial charge in [-0.3, -0.25) is 0 Å². The highest BCUT2D eigenvalue weighted by Gasteiger charge is 2.91. The van der Waals surface area contributed by atoms with E-state index in [1.54, 1.807) is 0 Å². The van der Waals surface area contributed by atoms with Crippen molar-refractivity contribution >= 4 is 0 Å². The van der Waals surface area contributed by atoms with Crippen LogP contribution in [0.1, 0.15) is 6.92 Å². The van der Waals surface area contributed by atoms with Crippen molar-refractivity contribution in [2.45, 2.75) is 54.9 Å². The third-order valence-electron chi connectivity index (χ3n) is 3.75. The van der Waals surface area contributed by atoms with Gasteiger partial charge in [-0.2, -0.15) is 57.1 Å². The molecule has 0 saturated heterocycles. The highest BCUT2D eigenvalue weighted by molar-refractivity contribution is 5.13. The van der Waals surface area contributed by atoms with Gasteiger partial charge in [0.15, 0.2) is 0 Å². The SMILES string of the molecule is C=CCN[C@@H]([C@H](C)OCOC)C(F)(F)C(F)(F)C(F)(F)C(F)(F)C(F)(F)C(F)(F)F. The first kappa shape index (κ1) is 28.7. The summed E-state index contributed by atoms with van der Waals surface area (Å²) in [5, 5.41) is 1.50. The molecule has 180 valence electrons. The largest absolute Gasteiger partial charge is 0.460 e. The standard InChI is InChI=1S/C14H16F13NO2/c1-4-5-28-8(7(2)30-6-29-3)9(15,16)10(17,18)11(19,20)12(21,22)13(23,24)14(25,26)27/h4,7-8,28H,1,5-6H2,2-3H3/t7-,8-/m0/s1. The molecule has 30 heavy (non-hydrogen) atoms. The zero-order chi connectivity index (χ0) is 24.4. The molecule has 3 nitrogen and oxygen atoms in total. The molecule has 1 N–H and O–H groups in total. The lowest BCUT2D eigenvalue weighted by atomic mass is 9.89. The van der Waals surface area contributed by atoms with Gasteiger partial charge in [0, 0.05) is 13.7 Å². The van der Waals surface area contributed by atoms with Crippen molar-refractivity contribution in [1.29, 1.82) is 0 Å². The summed E-state index contributed by atoms with van der Waals surface area (Å²) < 4.78 is 181. The Hall–Kier alpha value is -1.29. The fourth-order valence-corrected chi connectivity index (χ4v) is 2.05. The van der Waals surface area contributed by atoms with Gasteiger partial charge in [0.25, 0.3) is 0 Å². The van der Waals surface area contributed by atoms with Crippen LogP contribution in [0.5, 0.6) is 0 Å². The van der Waals surface area contributed by atoms with Crippen molar-refractivity contribution in [3.05, 3.63) is 12.7 Å². The van der Waals surface area contributed by atoms with Crippen molar-refractivity contribution in [3.8, 4) is 0 Å². The topological polar surface area (TPSA) is 30.5 Å².